The molecule has 18 heavy (non-hydrogen) atoms. The average Bonchev–Trinajstić information content (AvgIpc) is 2.40. The molecule has 0 aliphatic heterocycles. The lowest BCUT2D eigenvalue weighted by atomic mass is 9.85. The van der Waals surface area contributed by atoms with Gasteiger partial charge in [-0.2, -0.15) is 0 Å². The molecule has 1 aromatic carbocycles. The molecule has 0 spiro atoms. The molecule has 1 fully saturated rings. The van der Waals surface area contributed by atoms with E-state index in [2.05, 4.69) is 42.6 Å². The van der Waals surface area contributed by atoms with E-state index in [-0.39, 0.29) is 0 Å². The molecular weight excluding hydrogens is 220 g/mol. The van der Waals surface area contributed by atoms with Crippen molar-refractivity contribution in [1.82, 2.24) is 5.32 Å². The van der Waals surface area contributed by atoms with Gasteiger partial charge in [0.1, 0.15) is 0 Å². The molecule has 1 atom stereocenters. The zero-order valence-corrected chi connectivity index (χ0v) is 11.4. The highest BCUT2D eigenvalue weighted by molar-refractivity contribution is 5.15. The first-order valence-corrected chi connectivity index (χ1v) is 7.28. The molecule has 0 amide bonds. The lowest BCUT2D eigenvalue weighted by Gasteiger charge is -2.30. The van der Waals surface area contributed by atoms with E-state index in [1.165, 1.54) is 31.2 Å². The molecular formula is C16H26N2. The molecule has 1 aromatic rings. The number of benzene rings is 1. The van der Waals surface area contributed by atoms with Crippen molar-refractivity contribution < 1.29 is 0 Å². The summed E-state index contributed by atoms with van der Waals surface area (Å²) in [4.78, 5) is 0. The van der Waals surface area contributed by atoms with Crippen LogP contribution in [0.25, 0.3) is 0 Å². The van der Waals surface area contributed by atoms with E-state index in [1.54, 1.807) is 0 Å². The molecule has 1 aliphatic rings. The summed E-state index contributed by atoms with van der Waals surface area (Å²) in [7, 11) is 0. The van der Waals surface area contributed by atoms with E-state index < -0.39 is 0 Å². The van der Waals surface area contributed by atoms with Crippen LogP contribution in [-0.4, -0.2) is 18.6 Å². The molecule has 2 nitrogen and oxygen atoms in total. The van der Waals surface area contributed by atoms with Crippen LogP contribution in [0.4, 0.5) is 0 Å². The number of nitrogens with one attached hydrogen (secondary N) is 1. The van der Waals surface area contributed by atoms with Crippen molar-refractivity contribution in [3.8, 4) is 0 Å². The quantitative estimate of drug-likeness (QED) is 0.838. The Hall–Kier alpha value is -0.860. The van der Waals surface area contributed by atoms with Crippen LogP contribution in [0.1, 0.15) is 38.2 Å². The van der Waals surface area contributed by atoms with E-state index in [9.17, 15) is 0 Å². The Kier molecular flexibility index (Phi) is 5.21. The van der Waals surface area contributed by atoms with Crippen LogP contribution in [0.3, 0.4) is 0 Å². The largest absolute Gasteiger partial charge is 0.330 e. The maximum absolute atomic E-state index is 5.73. The zero-order valence-electron chi connectivity index (χ0n) is 11.4. The Balaban J connectivity index is 1.73. The van der Waals surface area contributed by atoms with Gasteiger partial charge in [-0.15, -0.1) is 0 Å². The van der Waals surface area contributed by atoms with Gasteiger partial charge in [0.15, 0.2) is 0 Å². The van der Waals surface area contributed by atoms with E-state index >= 15 is 0 Å². The first-order chi connectivity index (χ1) is 8.78. The molecule has 0 aromatic heterocycles. The van der Waals surface area contributed by atoms with Gasteiger partial charge in [0.25, 0.3) is 0 Å². The molecule has 100 valence electrons. The van der Waals surface area contributed by atoms with Crippen molar-refractivity contribution >= 4 is 0 Å². The van der Waals surface area contributed by atoms with Crippen molar-refractivity contribution in [3.63, 3.8) is 0 Å². The Labute approximate surface area is 111 Å². The monoisotopic (exact) mass is 246 g/mol. The summed E-state index contributed by atoms with van der Waals surface area (Å²) in [6, 6.07) is 12.0. The van der Waals surface area contributed by atoms with Crippen LogP contribution in [0.2, 0.25) is 0 Å². The lowest BCUT2D eigenvalue weighted by Crippen LogP contribution is -2.40. The summed E-state index contributed by atoms with van der Waals surface area (Å²) in [5.74, 6) is 0.771. The van der Waals surface area contributed by atoms with Gasteiger partial charge in [0.05, 0.1) is 0 Å². The van der Waals surface area contributed by atoms with Gasteiger partial charge in [-0.05, 0) is 57.1 Å². The summed E-state index contributed by atoms with van der Waals surface area (Å²) in [6.45, 7) is 3.16. The van der Waals surface area contributed by atoms with Crippen LogP contribution in [0, 0.1) is 5.92 Å². The Morgan fingerprint density at radius 1 is 1.17 bits per heavy atom. The summed E-state index contributed by atoms with van der Waals surface area (Å²) >= 11 is 0. The van der Waals surface area contributed by atoms with Crippen LogP contribution in [0.5, 0.6) is 0 Å². The summed E-state index contributed by atoms with van der Waals surface area (Å²) < 4.78 is 0. The fourth-order valence-electron chi connectivity index (χ4n) is 2.99. The van der Waals surface area contributed by atoms with Crippen LogP contribution < -0.4 is 11.1 Å². The van der Waals surface area contributed by atoms with E-state index in [1.807, 2.05) is 0 Å². The molecule has 0 heterocycles. The predicted molar refractivity (Wildman–Crippen MR) is 77.5 cm³/mol. The first kappa shape index (κ1) is 13.6. The second-order valence-electron chi connectivity index (χ2n) is 5.71. The Morgan fingerprint density at radius 3 is 2.44 bits per heavy atom. The number of rotatable bonds is 5. The molecule has 2 heteroatoms. The third-order valence-corrected chi connectivity index (χ3v) is 4.09. The maximum atomic E-state index is 5.73. The Bertz CT molecular complexity index is 328. The second-order valence-corrected chi connectivity index (χ2v) is 5.71. The van der Waals surface area contributed by atoms with Gasteiger partial charge in [-0.25, -0.2) is 0 Å². The van der Waals surface area contributed by atoms with Gasteiger partial charge in [-0.1, -0.05) is 30.3 Å². The summed E-state index contributed by atoms with van der Waals surface area (Å²) in [5.41, 5.74) is 7.16. The minimum Gasteiger partial charge on any atom is -0.330 e. The molecule has 0 saturated heterocycles. The van der Waals surface area contributed by atoms with Crippen LogP contribution in [0.15, 0.2) is 30.3 Å². The highest BCUT2D eigenvalue weighted by Gasteiger charge is 2.21. The highest BCUT2D eigenvalue weighted by atomic mass is 14.9. The fraction of sp³-hybridized carbons (Fsp3) is 0.625. The van der Waals surface area contributed by atoms with Crippen molar-refractivity contribution in [2.45, 2.75) is 51.1 Å². The van der Waals surface area contributed by atoms with Crippen molar-refractivity contribution in [1.29, 1.82) is 0 Å². The number of hydrogen-bond acceptors (Lipinski definition) is 2. The Morgan fingerprint density at radius 2 is 1.83 bits per heavy atom. The summed E-state index contributed by atoms with van der Waals surface area (Å²) in [5, 5.41) is 3.77. The molecule has 1 saturated carbocycles. The fourth-order valence-corrected chi connectivity index (χ4v) is 2.99. The van der Waals surface area contributed by atoms with Crippen LogP contribution >= 0.6 is 0 Å². The van der Waals surface area contributed by atoms with Crippen molar-refractivity contribution in [3.05, 3.63) is 35.9 Å². The average molecular weight is 246 g/mol. The van der Waals surface area contributed by atoms with Gasteiger partial charge >= 0.3 is 0 Å². The maximum Gasteiger partial charge on any atom is 0.00817 e. The predicted octanol–water partition coefficient (Wildman–Crippen LogP) is 2.72. The number of hydrogen-bond donors (Lipinski definition) is 2. The third-order valence-electron chi connectivity index (χ3n) is 4.09. The summed E-state index contributed by atoms with van der Waals surface area (Å²) in [6.07, 6.45) is 6.30. The standard InChI is InChI=1S/C16H26N2/c1-13(11-14-5-3-2-4-6-14)18-16-9-7-15(12-17)8-10-16/h2-6,13,15-16,18H,7-12,17H2,1H3. The van der Waals surface area contributed by atoms with Crippen LogP contribution in [-0.2, 0) is 6.42 Å². The zero-order chi connectivity index (χ0) is 12.8. The number of nitrogens with two attached hydrogens (primary N) is 1. The van der Waals surface area contributed by atoms with Gasteiger partial charge in [-0.3, -0.25) is 0 Å². The van der Waals surface area contributed by atoms with E-state index in [0.717, 1.165) is 18.9 Å². The molecule has 0 radical (unpaired) electrons. The molecule has 2 rings (SSSR count). The topological polar surface area (TPSA) is 38.0 Å². The van der Waals surface area contributed by atoms with Gasteiger partial charge in [0, 0.05) is 12.1 Å². The molecule has 1 unspecified atom stereocenters. The second kappa shape index (κ2) is 6.91. The van der Waals surface area contributed by atoms with E-state index in [4.69, 9.17) is 5.73 Å². The highest BCUT2D eigenvalue weighted by Crippen LogP contribution is 2.23. The molecule has 3 N–H and O–H groups in total. The van der Waals surface area contributed by atoms with Crippen molar-refractivity contribution in [2.75, 3.05) is 6.54 Å². The van der Waals surface area contributed by atoms with Crippen molar-refractivity contribution in [2.24, 2.45) is 11.7 Å². The van der Waals surface area contributed by atoms with E-state index in [0.29, 0.717) is 12.1 Å². The smallest absolute Gasteiger partial charge is 0.00817 e. The normalized spacial score (nSPS) is 25.9. The third kappa shape index (κ3) is 4.11. The SMILES string of the molecule is CC(Cc1ccccc1)NC1CCC(CN)CC1. The minimum atomic E-state index is 0.562. The molecule has 0 bridgehead atoms. The lowest BCUT2D eigenvalue weighted by molar-refractivity contribution is 0.281. The first-order valence-electron chi connectivity index (χ1n) is 7.28. The minimum absolute atomic E-state index is 0.562. The molecule has 1 aliphatic carbocycles. The van der Waals surface area contributed by atoms with Gasteiger partial charge in [0.2, 0.25) is 0 Å². The van der Waals surface area contributed by atoms with Gasteiger partial charge < -0.3 is 11.1 Å².